The van der Waals surface area contributed by atoms with E-state index in [1.54, 1.807) is 24.8 Å². The van der Waals surface area contributed by atoms with Gasteiger partial charge in [-0.15, -0.1) is 12.6 Å². The molecule has 0 aromatic heterocycles. The number of halogens is 3. The molecule has 2 aliphatic heterocycles. The van der Waals surface area contributed by atoms with Gasteiger partial charge in [-0.05, 0) is 69.2 Å². The fourth-order valence-corrected chi connectivity index (χ4v) is 5.24. The highest BCUT2D eigenvalue weighted by Crippen LogP contribution is 2.42. The van der Waals surface area contributed by atoms with Crippen LogP contribution in [0.5, 0.6) is 0 Å². The lowest BCUT2D eigenvalue weighted by Gasteiger charge is -2.35. The molecular formula is C24H25F3N4O2S. The number of rotatable bonds is 3. The van der Waals surface area contributed by atoms with Crippen LogP contribution >= 0.6 is 12.6 Å². The number of carbonyl (C=O) groups excluding carboxylic acids is 1. The zero-order valence-corrected chi connectivity index (χ0v) is 19.6. The third-order valence-electron chi connectivity index (χ3n) is 6.47. The van der Waals surface area contributed by atoms with Crippen molar-refractivity contribution >= 4 is 35.6 Å². The Hall–Kier alpha value is -2.90. The number of hydrogen-bond donors (Lipinski definition) is 2. The zero-order valence-electron chi connectivity index (χ0n) is 18.8. The standard InChI is InChI=1S/C24H25F3N4O2S/c1-23(2)21(33)30(18-4-3-15(14-28)20(13-18)24(25,26)27)22(34)31(23)17-7-5-16(6-8-17)29-11-9-19(32)10-12-29/h3-8,13,19,22,32,34H,9-12H2,1-2H3. The molecule has 1 atom stereocenters. The molecule has 1 N–H and O–H groups in total. The van der Waals surface area contributed by atoms with Crippen molar-refractivity contribution in [3.05, 3.63) is 53.6 Å². The summed E-state index contributed by atoms with van der Waals surface area (Å²) in [5.41, 5.74) is -1.80. The van der Waals surface area contributed by atoms with Crippen LogP contribution in [-0.2, 0) is 11.0 Å². The first-order valence-corrected chi connectivity index (χ1v) is 11.4. The van der Waals surface area contributed by atoms with E-state index in [0.29, 0.717) is 18.5 Å². The number of carbonyl (C=O) groups is 1. The number of thiol groups is 1. The van der Waals surface area contributed by atoms with E-state index in [0.717, 1.165) is 30.9 Å². The van der Waals surface area contributed by atoms with Crippen LogP contribution in [0, 0.1) is 11.3 Å². The van der Waals surface area contributed by atoms with Crippen molar-refractivity contribution in [2.75, 3.05) is 27.8 Å². The lowest BCUT2D eigenvalue weighted by Crippen LogP contribution is -2.45. The van der Waals surface area contributed by atoms with Gasteiger partial charge >= 0.3 is 6.18 Å². The summed E-state index contributed by atoms with van der Waals surface area (Å²) in [5.74, 6) is -0.403. The van der Waals surface area contributed by atoms with Crippen molar-refractivity contribution in [1.82, 2.24) is 0 Å². The predicted octanol–water partition coefficient (Wildman–Crippen LogP) is 4.38. The first-order chi connectivity index (χ1) is 15.9. The van der Waals surface area contributed by atoms with Gasteiger partial charge in [0.1, 0.15) is 5.54 Å². The number of amides is 1. The lowest BCUT2D eigenvalue weighted by molar-refractivity contribution is -0.137. The highest BCUT2D eigenvalue weighted by molar-refractivity contribution is 7.81. The fraction of sp³-hybridized carbons (Fsp3) is 0.417. The van der Waals surface area contributed by atoms with Crippen molar-refractivity contribution in [2.45, 2.75) is 50.0 Å². The highest BCUT2D eigenvalue weighted by Gasteiger charge is 2.51. The number of aliphatic hydroxyl groups excluding tert-OH is 1. The lowest BCUT2D eigenvalue weighted by atomic mass is 10.0. The average molecular weight is 491 g/mol. The Morgan fingerprint density at radius 3 is 2.18 bits per heavy atom. The minimum absolute atomic E-state index is 0.0235. The van der Waals surface area contributed by atoms with Crippen molar-refractivity contribution in [2.24, 2.45) is 0 Å². The van der Waals surface area contributed by atoms with Gasteiger partial charge in [-0.2, -0.15) is 18.4 Å². The monoisotopic (exact) mass is 490 g/mol. The van der Waals surface area contributed by atoms with E-state index in [2.05, 4.69) is 17.5 Å². The minimum Gasteiger partial charge on any atom is -0.393 e. The molecule has 2 aliphatic rings. The molecule has 0 radical (unpaired) electrons. The molecule has 4 rings (SSSR count). The molecule has 2 saturated heterocycles. The summed E-state index contributed by atoms with van der Waals surface area (Å²) in [7, 11) is 0. The van der Waals surface area contributed by atoms with Crippen LogP contribution in [0.15, 0.2) is 42.5 Å². The topological polar surface area (TPSA) is 70.8 Å². The van der Waals surface area contributed by atoms with E-state index < -0.39 is 34.2 Å². The summed E-state index contributed by atoms with van der Waals surface area (Å²) >= 11 is 4.62. The van der Waals surface area contributed by atoms with Crippen LogP contribution in [0.25, 0.3) is 0 Å². The summed E-state index contributed by atoms with van der Waals surface area (Å²) in [6.45, 7) is 4.90. The molecule has 0 bridgehead atoms. The third kappa shape index (κ3) is 4.18. The molecule has 1 amide bonds. The van der Waals surface area contributed by atoms with Gasteiger partial charge in [0, 0.05) is 30.2 Å². The van der Waals surface area contributed by atoms with E-state index in [9.17, 15) is 23.1 Å². The Kier molecular flexibility index (Phi) is 6.21. The number of anilines is 3. The summed E-state index contributed by atoms with van der Waals surface area (Å²) in [4.78, 5) is 18.5. The number of nitriles is 1. The summed E-state index contributed by atoms with van der Waals surface area (Å²) in [6, 6.07) is 12.4. The van der Waals surface area contributed by atoms with Gasteiger partial charge in [0.15, 0.2) is 5.50 Å². The second kappa shape index (κ2) is 8.71. The third-order valence-corrected chi connectivity index (χ3v) is 6.93. The number of alkyl halides is 3. The maximum absolute atomic E-state index is 13.5. The van der Waals surface area contributed by atoms with E-state index in [-0.39, 0.29) is 11.8 Å². The van der Waals surface area contributed by atoms with Crippen molar-refractivity contribution in [1.29, 1.82) is 5.26 Å². The second-order valence-electron chi connectivity index (χ2n) is 9.02. The van der Waals surface area contributed by atoms with Crippen molar-refractivity contribution in [3.8, 4) is 6.07 Å². The average Bonchev–Trinajstić information content (AvgIpc) is 2.97. The molecule has 2 heterocycles. The Labute approximate surface area is 201 Å². The minimum atomic E-state index is -4.73. The molecule has 6 nitrogen and oxygen atoms in total. The predicted molar refractivity (Wildman–Crippen MR) is 127 cm³/mol. The molecular weight excluding hydrogens is 465 g/mol. The molecule has 0 spiro atoms. The normalized spacial score (nSPS) is 21.2. The van der Waals surface area contributed by atoms with E-state index in [4.69, 9.17) is 5.26 Å². The Bertz CT molecular complexity index is 1120. The number of nitrogens with zero attached hydrogens (tertiary/aromatic N) is 4. The number of piperidine rings is 1. The SMILES string of the molecule is CC1(C)C(=O)N(c2ccc(C#N)c(C(F)(F)F)c2)C(S)N1c1ccc(N2CCC(O)CC2)cc1. The fourth-order valence-electron chi connectivity index (χ4n) is 4.58. The molecule has 34 heavy (non-hydrogen) atoms. The van der Waals surface area contributed by atoms with Crippen LogP contribution in [0.3, 0.4) is 0 Å². The molecule has 1 unspecified atom stereocenters. The van der Waals surface area contributed by atoms with Crippen molar-refractivity contribution < 1.29 is 23.1 Å². The first kappa shape index (κ1) is 24.2. The molecule has 2 fully saturated rings. The molecule has 2 aromatic rings. The molecule has 10 heteroatoms. The molecule has 0 saturated carbocycles. The Balaban J connectivity index is 1.65. The van der Waals surface area contributed by atoms with Crippen LogP contribution in [0.1, 0.15) is 37.8 Å². The second-order valence-corrected chi connectivity index (χ2v) is 9.49. The van der Waals surface area contributed by atoms with Gasteiger partial charge < -0.3 is 14.9 Å². The summed E-state index contributed by atoms with van der Waals surface area (Å²) in [5, 5.41) is 18.8. The number of aliphatic hydroxyl groups is 1. The van der Waals surface area contributed by atoms with E-state index in [1.165, 1.54) is 11.0 Å². The van der Waals surface area contributed by atoms with Gasteiger partial charge in [-0.1, -0.05) is 0 Å². The Morgan fingerprint density at radius 2 is 1.62 bits per heavy atom. The molecule has 0 aliphatic carbocycles. The zero-order chi connectivity index (χ0) is 24.8. The van der Waals surface area contributed by atoms with Gasteiger partial charge in [-0.25, -0.2) is 0 Å². The molecule has 180 valence electrons. The van der Waals surface area contributed by atoms with Crippen LogP contribution < -0.4 is 14.7 Å². The van der Waals surface area contributed by atoms with Crippen molar-refractivity contribution in [3.63, 3.8) is 0 Å². The van der Waals surface area contributed by atoms with Gasteiger partial charge in [0.2, 0.25) is 0 Å². The molecule has 2 aromatic carbocycles. The van der Waals surface area contributed by atoms with E-state index in [1.807, 2.05) is 24.3 Å². The highest BCUT2D eigenvalue weighted by atomic mass is 32.1. The van der Waals surface area contributed by atoms with E-state index >= 15 is 0 Å². The van der Waals surface area contributed by atoms with Crippen LogP contribution in [0.4, 0.5) is 30.2 Å². The number of hydrogen-bond acceptors (Lipinski definition) is 6. The first-order valence-electron chi connectivity index (χ1n) is 10.9. The van der Waals surface area contributed by atoms with Gasteiger partial charge in [-0.3, -0.25) is 9.69 Å². The van der Waals surface area contributed by atoms with Crippen LogP contribution in [0.2, 0.25) is 0 Å². The van der Waals surface area contributed by atoms with Gasteiger partial charge in [0.05, 0.1) is 23.3 Å². The van der Waals surface area contributed by atoms with Crippen LogP contribution in [-0.4, -0.2) is 41.2 Å². The number of benzene rings is 2. The van der Waals surface area contributed by atoms with Gasteiger partial charge in [0.25, 0.3) is 5.91 Å². The summed E-state index contributed by atoms with van der Waals surface area (Å²) < 4.78 is 40.5. The largest absolute Gasteiger partial charge is 0.417 e. The Morgan fingerprint density at radius 1 is 1.06 bits per heavy atom. The smallest absolute Gasteiger partial charge is 0.393 e. The maximum Gasteiger partial charge on any atom is 0.417 e. The quantitative estimate of drug-likeness (QED) is 0.625. The maximum atomic E-state index is 13.5. The summed E-state index contributed by atoms with van der Waals surface area (Å²) in [6.07, 6.45) is -3.60.